The third kappa shape index (κ3) is 14.1. The number of piperidine rings is 1. The number of aliphatic hydroxyl groups is 5. The lowest BCUT2D eigenvalue weighted by molar-refractivity contribution is -0.264. The van der Waals surface area contributed by atoms with Crippen LogP contribution in [0.15, 0.2) is 72.0 Å². The molecule has 0 unspecified atom stereocenters. The van der Waals surface area contributed by atoms with E-state index in [1.165, 1.54) is 12.0 Å². The predicted molar refractivity (Wildman–Crippen MR) is 282 cm³/mol. The number of fused-ring (bicyclic) bond motifs is 4. The molecule has 14 nitrogen and oxygen atoms in total. The fraction of sp³-hybridized carbons (Fsp3) is 0.678. The van der Waals surface area contributed by atoms with Gasteiger partial charge in [0.25, 0.3) is 11.7 Å². The van der Waals surface area contributed by atoms with Crippen molar-refractivity contribution in [1.82, 2.24) is 9.88 Å². The van der Waals surface area contributed by atoms with Crippen molar-refractivity contribution in [3.05, 3.63) is 83.1 Å². The molecule has 1 aliphatic carbocycles. The zero-order chi connectivity index (χ0) is 53.3. The van der Waals surface area contributed by atoms with Crippen LogP contribution in [0.5, 0.6) is 0 Å². The molecular formula is C59H88N2O12. The predicted octanol–water partition coefficient (Wildman–Crippen LogP) is 8.32. The van der Waals surface area contributed by atoms with Crippen molar-refractivity contribution in [3.8, 4) is 0 Å². The number of ether oxygens (including phenoxy) is 4. The highest BCUT2D eigenvalue weighted by Crippen LogP contribution is 2.42. The number of aromatic nitrogens is 1. The van der Waals surface area contributed by atoms with Gasteiger partial charge in [-0.2, -0.15) is 0 Å². The second-order valence-corrected chi connectivity index (χ2v) is 22.6. The minimum Gasteiger partial charge on any atom is -0.460 e. The van der Waals surface area contributed by atoms with E-state index in [2.05, 4.69) is 50.0 Å². The van der Waals surface area contributed by atoms with E-state index in [0.717, 1.165) is 34.0 Å². The van der Waals surface area contributed by atoms with Crippen molar-refractivity contribution < 1.29 is 58.9 Å². The number of Topliss-reactive ketones (excluding diaryl/α,β-unsaturated/α-hetero) is 1. The fourth-order valence-corrected chi connectivity index (χ4v) is 12.2. The van der Waals surface area contributed by atoms with Gasteiger partial charge in [-0.25, -0.2) is 4.79 Å². The number of carbonyl (C=O) groups is 3. The van der Waals surface area contributed by atoms with Gasteiger partial charge in [0.1, 0.15) is 24.4 Å². The van der Waals surface area contributed by atoms with Gasteiger partial charge in [0.15, 0.2) is 0 Å². The topological polar surface area (TPSA) is 208 Å². The number of carbonyl (C=O) groups excluding carboxylic acids is 3. The van der Waals surface area contributed by atoms with Gasteiger partial charge in [0, 0.05) is 62.0 Å². The van der Waals surface area contributed by atoms with E-state index < -0.39 is 84.1 Å². The number of H-pyrrole nitrogens is 1. The van der Waals surface area contributed by atoms with Crippen LogP contribution in [0, 0.1) is 42.4 Å². The summed E-state index contributed by atoms with van der Waals surface area (Å²) in [5.74, 6) is -6.94. The first-order valence-electron chi connectivity index (χ1n) is 27.2. The number of hydrogen-bond acceptors (Lipinski definition) is 12. The highest BCUT2D eigenvalue weighted by Gasteiger charge is 2.53. The minimum atomic E-state index is -2.44. The lowest BCUT2D eigenvalue weighted by atomic mass is 9.78. The number of aryl methyl sites for hydroxylation is 1. The largest absolute Gasteiger partial charge is 0.460 e. The third-order valence-electron chi connectivity index (χ3n) is 17.0. The Morgan fingerprint density at radius 3 is 2.33 bits per heavy atom. The summed E-state index contributed by atoms with van der Waals surface area (Å²) >= 11 is 0. The first-order chi connectivity index (χ1) is 34.7. The number of amides is 1. The maximum atomic E-state index is 14.6. The van der Waals surface area contributed by atoms with Gasteiger partial charge >= 0.3 is 5.97 Å². The molecule has 2 bridgehead atoms. The monoisotopic (exact) mass is 1020 g/mol. The first kappa shape index (κ1) is 58.3. The molecule has 6 N–H and O–H groups in total. The molecule has 4 heterocycles. The maximum absolute atomic E-state index is 14.6. The number of nitrogens with zero attached hydrogens (tertiary/aromatic N) is 1. The van der Waals surface area contributed by atoms with E-state index in [4.69, 9.17) is 18.9 Å². The number of esters is 1. The SMILES string of the molecule is CO[C@H]1[C@@H](O)[C@H](C)C[C@H](C)C=CC=CC=C(C)[C@@H](c2c[nH]c3c(C)cccc23)C[C@@H]2CC[C@@H](C)[C@@](O)(O2)C(=O)C(=O)N2CCCC[C@H]2C(=O)O[C@H]([C@H](C)C[C@@H]2CC[C@@H](O)[C@H](OC)C2)C[C@H](O)[C@H](C)C=C(C)[C@H]1O. The van der Waals surface area contributed by atoms with Crippen LogP contribution < -0.4 is 0 Å². The molecule has 406 valence electrons. The summed E-state index contributed by atoms with van der Waals surface area (Å²) in [7, 11) is 3.05. The van der Waals surface area contributed by atoms with Crippen molar-refractivity contribution in [3.63, 3.8) is 0 Å². The summed E-state index contributed by atoms with van der Waals surface area (Å²) in [5, 5.41) is 59.1. The van der Waals surface area contributed by atoms with Crippen LogP contribution in [0.1, 0.15) is 143 Å². The molecule has 3 fully saturated rings. The van der Waals surface area contributed by atoms with Crippen molar-refractivity contribution in [1.29, 1.82) is 0 Å². The summed E-state index contributed by atoms with van der Waals surface area (Å²) in [4.78, 5) is 48.5. The molecular weight excluding hydrogens is 929 g/mol. The van der Waals surface area contributed by atoms with Crippen LogP contribution >= 0.6 is 0 Å². The summed E-state index contributed by atoms with van der Waals surface area (Å²) in [6.07, 6.45) is 13.4. The average Bonchev–Trinajstić information content (AvgIpc) is 3.81. The molecule has 73 heavy (non-hydrogen) atoms. The number of nitrogens with one attached hydrogen (secondary N) is 1. The van der Waals surface area contributed by atoms with Crippen molar-refractivity contribution >= 4 is 28.6 Å². The number of aliphatic hydroxyl groups excluding tert-OH is 4. The van der Waals surface area contributed by atoms with Gasteiger partial charge in [-0.3, -0.25) is 9.59 Å². The number of cyclic esters (lactones) is 1. The van der Waals surface area contributed by atoms with E-state index in [0.29, 0.717) is 63.4 Å². The molecule has 1 aromatic heterocycles. The molecule has 6 rings (SSSR count). The van der Waals surface area contributed by atoms with E-state index >= 15 is 0 Å². The van der Waals surface area contributed by atoms with Gasteiger partial charge in [0.05, 0.1) is 30.5 Å². The quantitative estimate of drug-likeness (QED) is 0.0918. The Morgan fingerprint density at radius 1 is 0.849 bits per heavy atom. The summed E-state index contributed by atoms with van der Waals surface area (Å²) < 4.78 is 24.2. The van der Waals surface area contributed by atoms with Crippen LogP contribution in [0.3, 0.4) is 0 Å². The van der Waals surface area contributed by atoms with E-state index in [-0.39, 0.29) is 55.1 Å². The van der Waals surface area contributed by atoms with Crippen LogP contribution in [-0.2, 0) is 33.3 Å². The Balaban J connectivity index is 1.35. The van der Waals surface area contributed by atoms with Crippen molar-refractivity contribution in [2.45, 2.75) is 199 Å². The van der Waals surface area contributed by atoms with Gasteiger partial charge in [-0.1, -0.05) is 94.8 Å². The minimum absolute atomic E-state index is 0.0326. The molecule has 4 aliphatic rings. The second kappa shape index (κ2) is 26.2. The Kier molecular flexibility index (Phi) is 20.9. The number of ketones is 1. The highest BCUT2D eigenvalue weighted by atomic mass is 16.6. The summed E-state index contributed by atoms with van der Waals surface area (Å²) in [6.45, 7) is 15.5. The van der Waals surface area contributed by atoms with Crippen molar-refractivity contribution in [2.75, 3.05) is 20.8 Å². The number of allylic oxidation sites excluding steroid dienone is 6. The lowest BCUT2D eigenvalue weighted by Crippen LogP contribution is -2.60. The molecule has 2 aromatic rings. The molecule has 14 heteroatoms. The average molecular weight is 1020 g/mol. The summed E-state index contributed by atoms with van der Waals surface area (Å²) in [6, 6.07) is 5.06. The van der Waals surface area contributed by atoms with E-state index in [9.17, 15) is 39.9 Å². The number of rotatable bonds is 6. The Labute approximate surface area is 434 Å². The number of benzene rings is 1. The number of methoxy groups -OCH3 is 2. The molecule has 3 aliphatic heterocycles. The first-order valence-corrected chi connectivity index (χ1v) is 27.2. The standard InChI is InChI=1S/C59H88N2O12/c1-34-17-12-11-13-18-35(2)45(46-33-60-52-36(3)19-16-20-44(46)52)31-43-24-22-41(8)59(69,73-43)56(66)57(67)61-26-15-14-21-47(61)58(68)72-50(38(5)29-42-23-25-48(62)51(30-42)70-9)32-49(63)37(4)28-40(7)54(65)55(71-10)53(64)39(6)27-34/h11-13,16-20,28,33-34,37-39,41-43,45,47-51,53-55,60,62-65,69H,14-15,21-27,29-32H2,1-10H3/t34-,37-,38-,39-,41-,42+,43+,45+,47+,48-,49+,50+,51-,53+,54-,55+,59-/m1/s1. The van der Waals surface area contributed by atoms with Crippen molar-refractivity contribution in [2.24, 2.45) is 35.5 Å². The fourth-order valence-electron chi connectivity index (χ4n) is 12.2. The van der Waals surface area contributed by atoms with Gasteiger partial charge in [-0.05, 0) is 132 Å². The number of aromatic amines is 1. The molecule has 0 spiro atoms. The number of hydrogen-bond donors (Lipinski definition) is 6. The Morgan fingerprint density at radius 2 is 1.60 bits per heavy atom. The molecule has 1 saturated carbocycles. The van der Waals surface area contributed by atoms with Crippen LogP contribution in [0.2, 0.25) is 0 Å². The normalized spacial score (nSPS) is 37.1. The molecule has 17 atom stereocenters. The third-order valence-corrected chi connectivity index (χ3v) is 17.0. The molecule has 1 aromatic carbocycles. The highest BCUT2D eigenvalue weighted by molar-refractivity contribution is 6.39. The van der Waals surface area contributed by atoms with Crippen LogP contribution in [-0.4, -0.2) is 135 Å². The molecule has 0 radical (unpaired) electrons. The Bertz CT molecular complexity index is 2290. The smallest absolute Gasteiger partial charge is 0.329 e. The zero-order valence-electron chi connectivity index (χ0n) is 45.2. The molecule has 2 saturated heterocycles. The Hall–Kier alpha value is -3.99. The van der Waals surface area contributed by atoms with Gasteiger partial charge in [-0.15, -0.1) is 0 Å². The second-order valence-electron chi connectivity index (χ2n) is 22.6. The van der Waals surface area contributed by atoms with Crippen LogP contribution in [0.25, 0.3) is 10.9 Å². The summed E-state index contributed by atoms with van der Waals surface area (Å²) in [5.41, 5.74) is 4.71. The van der Waals surface area contributed by atoms with E-state index in [1.807, 2.05) is 51.3 Å². The zero-order valence-corrected chi connectivity index (χ0v) is 45.2. The maximum Gasteiger partial charge on any atom is 0.329 e. The lowest BCUT2D eigenvalue weighted by Gasteiger charge is -2.43. The van der Waals surface area contributed by atoms with Gasteiger partial charge in [0.2, 0.25) is 5.79 Å². The van der Waals surface area contributed by atoms with E-state index in [1.54, 1.807) is 27.0 Å². The molecule has 1 amide bonds. The van der Waals surface area contributed by atoms with Gasteiger partial charge < -0.3 is 54.4 Å². The van der Waals surface area contributed by atoms with Crippen LogP contribution in [0.4, 0.5) is 0 Å². The number of para-hydroxylation sites is 1.